The van der Waals surface area contributed by atoms with Crippen molar-refractivity contribution >= 4 is 31.3 Å². The van der Waals surface area contributed by atoms with Crippen molar-refractivity contribution in [3.63, 3.8) is 0 Å². The van der Waals surface area contributed by atoms with E-state index < -0.39 is 42.8 Å². The normalized spacial score (nSPS) is 11.8. The van der Waals surface area contributed by atoms with Gasteiger partial charge >= 0.3 is 0 Å². The molecule has 0 N–H and O–H groups in total. The average molecular weight is 279 g/mol. The Labute approximate surface area is 93.0 Å². The molecule has 1 aromatic rings. The monoisotopic (exact) mass is 278 g/mol. The molecule has 0 fully saturated rings. The third-order valence-electron chi connectivity index (χ3n) is 1.51. The van der Waals surface area contributed by atoms with E-state index in [-0.39, 0.29) is 0 Å². The summed E-state index contributed by atoms with van der Waals surface area (Å²) < 4.78 is 59.7. The fourth-order valence-electron chi connectivity index (χ4n) is 0.913. The summed E-state index contributed by atoms with van der Waals surface area (Å²) in [4.78, 5) is 0. The molecule has 1 rings (SSSR count). The second kappa shape index (κ2) is 4.19. The van der Waals surface area contributed by atoms with Crippen LogP contribution >= 0.6 is 22.3 Å². The highest BCUT2D eigenvalue weighted by atomic mass is 35.7. The number of benzene rings is 1. The zero-order valence-electron chi connectivity index (χ0n) is 6.90. The lowest BCUT2D eigenvalue weighted by atomic mass is 10.2. The van der Waals surface area contributed by atoms with Crippen LogP contribution in [0.3, 0.4) is 0 Å². The molecule has 0 spiro atoms. The molecule has 0 aromatic heterocycles. The van der Waals surface area contributed by atoms with E-state index in [4.69, 9.17) is 22.3 Å². The molecule has 84 valence electrons. The number of hydrogen-bond acceptors (Lipinski definition) is 2. The lowest BCUT2D eigenvalue weighted by molar-refractivity contribution is 0.492. The van der Waals surface area contributed by atoms with Gasteiger partial charge in [-0.2, -0.15) is 0 Å². The Bertz CT molecular complexity index is 501. The molecule has 0 heterocycles. The van der Waals surface area contributed by atoms with Gasteiger partial charge in [0.2, 0.25) is 9.05 Å². The fourth-order valence-corrected chi connectivity index (χ4v) is 2.06. The molecule has 15 heavy (non-hydrogen) atoms. The molecule has 0 aliphatic rings. The van der Waals surface area contributed by atoms with Crippen LogP contribution in [0.1, 0.15) is 5.56 Å². The highest BCUT2D eigenvalue weighted by Crippen LogP contribution is 2.26. The van der Waals surface area contributed by atoms with Crippen molar-refractivity contribution in [2.75, 3.05) is 0 Å². The number of rotatable bonds is 2. The summed E-state index contributed by atoms with van der Waals surface area (Å²) in [6, 6.07) is 0.399. The van der Waals surface area contributed by atoms with Gasteiger partial charge in [-0.05, 0) is 6.07 Å². The molecule has 8 heteroatoms. The Balaban J connectivity index is 3.33. The van der Waals surface area contributed by atoms with Gasteiger partial charge in [0.1, 0.15) is 10.8 Å². The Morgan fingerprint density at radius 3 is 2.20 bits per heavy atom. The van der Waals surface area contributed by atoms with Gasteiger partial charge in [0.25, 0.3) is 0 Å². The summed E-state index contributed by atoms with van der Waals surface area (Å²) >= 11 is 5.09. The van der Waals surface area contributed by atoms with Crippen molar-refractivity contribution in [1.29, 1.82) is 0 Å². The van der Waals surface area contributed by atoms with Gasteiger partial charge < -0.3 is 0 Å². The summed E-state index contributed by atoms with van der Waals surface area (Å²) in [7, 11) is 0.769. The minimum Gasteiger partial charge on any atom is -0.212 e. The standard InChI is InChI=1S/C7H3Cl2F3O2S/c8-5-6(11)3(2-15(9,13)14)1-4(10)7(5)12/h1H,2H2. The van der Waals surface area contributed by atoms with Crippen LogP contribution in [0, 0.1) is 17.5 Å². The molecular weight excluding hydrogens is 276 g/mol. The molecule has 0 saturated heterocycles. The molecule has 0 saturated carbocycles. The summed E-state index contributed by atoms with van der Waals surface area (Å²) in [5.41, 5.74) is -0.617. The van der Waals surface area contributed by atoms with Gasteiger partial charge in [-0.15, -0.1) is 0 Å². The van der Waals surface area contributed by atoms with Gasteiger partial charge in [-0.25, -0.2) is 21.6 Å². The highest BCUT2D eigenvalue weighted by Gasteiger charge is 2.20. The third-order valence-corrected chi connectivity index (χ3v) is 2.82. The first-order chi connectivity index (χ1) is 6.72. The van der Waals surface area contributed by atoms with Crippen LogP contribution in [0.4, 0.5) is 13.2 Å². The second-order valence-corrected chi connectivity index (χ2v) is 5.80. The molecule has 0 aliphatic carbocycles. The first kappa shape index (κ1) is 12.6. The summed E-state index contributed by atoms with van der Waals surface area (Å²) in [6.07, 6.45) is 0. The van der Waals surface area contributed by atoms with Crippen LogP contribution in [0.2, 0.25) is 5.02 Å². The third kappa shape index (κ3) is 2.99. The maximum Gasteiger partial charge on any atom is 0.236 e. The average Bonchev–Trinajstić information content (AvgIpc) is 2.08. The SMILES string of the molecule is O=S(=O)(Cl)Cc1cc(F)c(F)c(Cl)c1F. The molecular formula is C7H3Cl2F3O2S. The Kier molecular flexibility index (Phi) is 3.52. The van der Waals surface area contributed by atoms with Crippen molar-refractivity contribution < 1.29 is 21.6 Å². The lowest BCUT2D eigenvalue weighted by Gasteiger charge is -2.04. The van der Waals surface area contributed by atoms with Gasteiger partial charge in [0.05, 0.1) is 5.75 Å². The van der Waals surface area contributed by atoms with Gasteiger partial charge in [-0.1, -0.05) is 11.6 Å². The van der Waals surface area contributed by atoms with E-state index in [0.29, 0.717) is 6.07 Å². The molecule has 2 nitrogen and oxygen atoms in total. The minimum absolute atomic E-state index is 0.399. The predicted molar refractivity (Wildman–Crippen MR) is 49.8 cm³/mol. The van der Waals surface area contributed by atoms with E-state index in [9.17, 15) is 21.6 Å². The molecule has 0 unspecified atom stereocenters. The smallest absolute Gasteiger partial charge is 0.212 e. The Morgan fingerprint density at radius 2 is 1.73 bits per heavy atom. The van der Waals surface area contributed by atoms with Crippen LogP contribution in [0.15, 0.2) is 6.07 Å². The van der Waals surface area contributed by atoms with E-state index >= 15 is 0 Å². The number of halogens is 5. The summed E-state index contributed by atoms with van der Waals surface area (Å²) in [5.74, 6) is -5.29. The second-order valence-electron chi connectivity index (χ2n) is 2.64. The van der Waals surface area contributed by atoms with Crippen molar-refractivity contribution in [2.24, 2.45) is 0 Å². The van der Waals surface area contributed by atoms with Crippen molar-refractivity contribution in [3.8, 4) is 0 Å². The van der Waals surface area contributed by atoms with Crippen molar-refractivity contribution in [1.82, 2.24) is 0 Å². The van der Waals surface area contributed by atoms with Crippen LogP contribution in [-0.4, -0.2) is 8.42 Å². The van der Waals surface area contributed by atoms with Crippen LogP contribution < -0.4 is 0 Å². The quantitative estimate of drug-likeness (QED) is 0.474. The first-order valence-corrected chi connectivity index (χ1v) is 6.32. The predicted octanol–water partition coefficient (Wildman–Crippen LogP) is 2.83. The molecule has 0 amide bonds. The molecule has 0 bridgehead atoms. The van der Waals surface area contributed by atoms with E-state index in [1.807, 2.05) is 0 Å². The largest absolute Gasteiger partial charge is 0.236 e. The van der Waals surface area contributed by atoms with Crippen LogP contribution in [0.5, 0.6) is 0 Å². The van der Waals surface area contributed by atoms with Crippen LogP contribution in [-0.2, 0) is 14.8 Å². The van der Waals surface area contributed by atoms with Gasteiger partial charge in [0.15, 0.2) is 11.6 Å². The lowest BCUT2D eigenvalue weighted by Crippen LogP contribution is -2.02. The summed E-state index contributed by atoms with van der Waals surface area (Å²) in [6.45, 7) is 0. The van der Waals surface area contributed by atoms with Crippen molar-refractivity contribution in [3.05, 3.63) is 34.1 Å². The zero-order chi connectivity index (χ0) is 11.8. The fraction of sp³-hybridized carbons (Fsp3) is 0.143. The van der Waals surface area contributed by atoms with Gasteiger partial charge in [-0.3, -0.25) is 0 Å². The maximum absolute atomic E-state index is 13.1. The zero-order valence-corrected chi connectivity index (χ0v) is 9.23. The van der Waals surface area contributed by atoms with Gasteiger partial charge in [0, 0.05) is 16.2 Å². The Hall–Kier alpha value is -0.460. The van der Waals surface area contributed by atoms with Crippen molar-refractivity contribution in [2.45, 2.75) is 5.75 Å². The summed E-state index contributed by atoms with van der Waals surface area (Å²) in [5, 5.41) is -1.09. The highest BCUT2D eigenvalue weighted by molar-refractivity contribution is 8.13. The van der Waals surface area contributed by atoms with E-state index in [0.717, 1.165) is 0 Å². The first-order valence-electron chi connectivity index (χ1n) is 3.46. The van der Waals surface area contributed by atoms with Crippen LogP contribution in [0.25, 0.3) is 0 Å². The maximum atomic E-state index is 13.1. The minimum atomic E-state index is -4.06. The molecule has 0 aliphatic heterocycles. The molecule has 0 atom stereocenters. The Morgan fingerprint density at radius 1 is 1.20 bits per heavy atom. The van der Waals surface area contributed by atoms with E-state index in [2.05, 4.69) is 0 Å². The number of hydrogen-bond donors (Lipinski definition) is 0. The molecule has 1 aromatic carbocycles. The van der Waals surface area contributed by atoms with E-state index in [1.54, 1.807) is 0 Å². The molecule has 0 radical (unpaired) electrons. The topological polar surface area (TPSA) is 34.1 Å². The van der Waals surface area contributed by atoms with E-state index in [1.165, 1.54) is 0 Å².